The van der Waals surface area contributed by atoms with Crippen molar-refractivity contribution in [3.8, 4) is 5.75 Å². The molecule has 0 aliphatic carbocycles. The van der Waals surface area contributed by atoms with Crippen LogP contribution in [0.5, 0.6) is 5.75 Å². The molecule has 37 heavy (non-hydrogen) atoms. The van der Waals surface area contributed by atoms with Crippen molar-refractivity contribution in [1.82, 2.24) is 0 Å². The fraction of sp³-hybridized carbons (Fsp3) is 0.414. The molecule has 0 spiro atoms. The summed E-state index contributed by atoms with van der Waals surface area (Å²) in [6, 6.07) is 13.7. The maximum absolute atomic E-state index is 13.8. The van der Waals surface area contributed by atoms with E-state index in [0.717, 1.165) is 39.7 Å². The topological polar surface area (TPSA) is 44.8 Å². The Morgan fingerprint density at radius 3 is 2.30 bits per heavy atom. The van der Waals surface area contributed by atoms with Gasteiger partial charge in [-0.05, 0) is 80.5 Å². The van der Waals surface area contributed by atoms with Crippen molar-refractivity contribution in [2.45, 2.75) is 77.9 Å². The van der Waals surface area contributed by atoms with Gasteiger partial charge in [-0.3, -0.25) is 0 Å². The molecular formula is C29H34B2O4S2. The lowest BCUT2D eigenvalue weighted by molar-refractivity contribution is 0.00578. The van der Waals surface area contributed by atoms with E-state index in [-0.39, 0.29) is 5.97 Å². The summed E-state index contributed by atoms with van der Waals surface area (Å²) in [5.41, 5.74) is 0.923. The van der Waals surface area contributed by atoms with Crippen LogP contribution in [0.4, 0.5) is 0 Å². The van der Waals surface area contributed by atoms with Gasteiger partial charge in [-0.25, -0.2) is 4.79 Å². The summed E-state index contributed by atoms with van der Waals surface area (Å²) < 4.78 is 23.3. The smallest absolute Gasteiger partial charge is 0.423 e. The molecule has 0 N–H and O–H groups in total. The third-order valence-electron chi connectivity index (χ3n) is 7.63. The normalized spacial score (nSPS) is 16.6. The van der Waals surface area contributed by atoms with E-state index in [4.69, 9.17) is 14.0 Å². The standard InChI is InChI=1S/C29H34B2O4S2/c1-6-7-8-12-15-19-20-16-22(30)36-25(20)26-21(24(19)27(32)33-18-13-10-9-11-14-18)17-23(37-26)31-34-28(2,3)29(4,5)35-31/h9-11,13-14,16-17H,6-8,12,15,30H2,1-5H3. The molecule has 2 aromatic heterocycles. The molecule has 0 amide bonds. The number of para-hydroxylation sites is 1. The Hall–Kier alpha value is -2.12. The molecule has 1 fully saturated rings. The Morgan fingerprint density at radius 2 is 1.62 bits per heavy atom. The zero-order valence-electron chi connectivity index (χ0n) is 22.6. The van der Waals surface area contributed by atoms with Crippen molar-refractivity contribution in [2.24, 2.45) is 0 Å². The first kappa shape index (κ1) is 26.5. The highest BCUT2D eigenvalue weighted by atomic mass is 32.1. The lowest BCUT2D eigenvalue weighted by Gasteiger charge is -2.32. The molecule has 2 aromatic carbocycles. The van der Waals surface area contributed by atoms with E-state index in [1.54, 1.807) is 22.7 Å². The molecule has 1 aliphatic heterocycles. The van der Waals surface area contributed by atoms with Crippen LogP contribution >= 0.6 is 22.7 Å². The van der Waals surface area contributed by atoms with Crippen LogP contribution in [0.3, 0.4) is 0 Å². The number of unbranched alkanes of at least 4 members (excludes halogenated alkanes) is 3. The van der Waals surface area contributed by atoms with Crippen molar-refractivity contribution in [3.05, 3.63) is 53.6 Å². The Bertz CT molecular complexity index is 1420. The minimum Gasteiger partial charge on any atom is -0.423 e. The van der Waals surface area contributed by atoms with E-state index in [1.807, 2.05) is 30.3 Å². The summed E-state index contributed by atoms with van der Waals surface area (Å²) in [6.07, 6.45) is 5.42. The van der Waals surface area contributed by atoms with Crippen LogP contribution in [0.2, 0.25) is 0 Å². The quantitative estimate of drug-likeness (QED) is 0.121. The van der Waals surface area contributed by atoms with E-state index in [9.17, 15) is 4.79 Å². The Labute approximate surface area is 228 Å². The summed E-state index contributed by atoms with van der Waals surface area (Å²) in [4.78, 5) is 13.8. The second-order valence-electron chi connectivity index (χ2n) is 10.9. The van der Waals surface area contributed by atoms with Gasteiger partial charge in [0, 0.05) is 10.2 Å². The Morgan fingerprint density at radius 1 is 0.946 bits per heavy atom. The van der Waals surface area contributed by atoms with E-state index >= 15 is 0 Å². The van der Waals surface area contributed by atoms with Crippen LogP contribution in [0.25, 0.3) is 20.2 Å². The van der Waals surface area contributed by atoms with Crippen LogP contribution < -0.4 is 14.3 Å². The second kappa shape index (κ2) is 10.2. The van der Waals surface area contributed by atoms with Crippen LogP contribution in [-0.4, -0.2) is 32.1 Å². The van der Waals surface area contributed by atoms with Crippen LogP contribution in [-0.2, 0) is 15.7 Å². The van der Waals surface area contributed by atoms with Gasteiger partial charge in [0.1, 0.15) is 5.75 Å². The summed E-state index contributed by atoms with van der Waals surface area (Å²) in [7, 11) is 1.67. The maximum Gasteiger partial charge on any atom is 0.505 e. The lowest BCUT2D eigenvalue weighted by atomic mass is 9.86. The predicted octanol–water partition coefficient (Wildman–Crippen LogP) is 6.02. The molecule has 192 valence electrons. The number of hydrogen-bond donors (Lipinski definition) is 0. The predicted molar refractivity (Wildman–Crippen MR) is 160 cm³/mol. The first-order chi connectivity index (χ1) is 17.6. The minimum atomic E-state index is -0.468. The summed E-state index contributed by atoms with van der Waals surface area (Å²) in [5.74, 6) is 0.256. The van der Waals surface area contributed by atoms with Gasteiger partial charge in [0.25, 0.3) is 0 Å². The van der Waals surface area contributed by atoms with Gasteiger partial charge in [-0.1, -0.05) is 44.4 Å². The van der Waals surface area contributed by atoms with Crippen molar-refractivity contribution >= 4 is 73.3 Å². The Kier molecular flexibility index (Phi) is 7.31. The van der Waals surface area contributed by atoms with Gasteiger partial charge in [0.15, 0.2) is 7.85 Å². The molecule has 0 radical (unpaired) electrons. The van der Waals surface area contributed by atoms with Gasteiger partial charge in [-0.15, -0.1) is 22.7 Å². The van der Waals surface area contributed by atoms with E-state index < -0.39 is 18.3 Å². The van der Waals surface area contributed by atoms with E-state index in [0.29, 0.717) is 11.3 Å². The fourth-order valence-corrected chi connectivity index (χ4v) is 7.23. The molecule has 4 aromatic rings. The number of aryl methyl sites for hydroxylation is 1. The molecule has 1 aliphatic rings. The van der Waals surface area contributed by atoms with Crippen LogP contribution in [0.1, 0.15) is 76.2 Å². The van der Waals surface area contributed by atoms with Crippen LogP contribution in [0.15, 0.2) is 42.5 Å². The zero-order chi connectivity index (χ0) is 26.4. The van der Waals surface area contributed by atoms with Crippen molar-refractivity contribution in [3.63, 3.8) is 0 Å². The average molecular weight is 532 g/mol. The zero-order valence-corrected chi connectivity index (χ0v) is 24.2. The SMILES string of the molecule is Bc1cc2c(CCCCCC)c(C(=O)Oc3ccccc3)c3cc(B4OC(C)(C)C(C)(C)O4)sc3c2s1. The first-order valence-corrected chi connectivity index (χ1v) is 14.9. The maximum atomic E-state index is 13.8. The summed E-state index contributed by atoms with van der Waals surface area (Å²) in [5, 5.41) is 2.12. The number of ether oxygens (including phenoxy) is 1. The highest BCUT2D eigenvalue weighted by molar-refractivity contribution is 7.34. The highest BCUT2D eigenvalue weighted by Crippen LogP contribution is 2.41. The van der Waals surface area contributed by atoms with Crippen molar-refractivity contribution < 1.29 is 18.8 Å². The second-order valence-corrected chi connectivity index (χ2v) is 13.3. The molecule has 1 saturated heterocycles. The number of carbonyl (C=O) groups excluding carboxylic acids is 1. The molecular weight excluding hydrogens is 498 g/mol. The van der Waals surface area contributed by atoms with Gasteiger partial charge in [-0.2, -0.15) is 0 Å². The molecule has 0 unspecified atom stereocenters. The monoisotopic (exact) mass is 532 g/mol. The summed E-state index contributed by atoms with van der Waals surface area (Å²) >= 11 is 3.47. The number of fused-ring (bicyclic) bond motifs is 3. The van der Waals surface area contributed by atoms with Gasteiger partial charge in [0.2, 0.25) is 0 Å². The van der Waals surface area contributed by atoms with Crippen molar-refractivity contribution in [1.29, 1.82) is 0 Å². The highest BCUT2D eigenvalue weighted by Gasteiger charge is 2.52. The number of benzene rings is 2. The largest absolute Gasteiger partial charge is 0.505 e. The Balaban J connectivity index is 1.67. The number of hydrogen-bond acceptors (Lipinski definition) is 6. The average Bonchev–Trinajstić information content (AvgIpc) is 3.50. The van der Waals surface area contributed by atoms with E-state index in [2.05, 4.69) is 54.6 Å². The molecule has 8 heteroatoms. The van der Waals surface area contributed by atoms with Gasteiger partial charge >= 0.3 is 13.1 Å². The minimum absolute atomic E-state index is 0.300. The van der Waals surface area contributed by atoms with Gasteiger partial charge < -0.3 is 14.0 Å². The molecule has 5 rings (SSSR count). The third kappa shape index (κ3) is 5.01. The number of thiophene rings is 2. The summed E-state index contributed by atoms with van der Waals surface area (Å²) in [6.45, 7) is 10.5. The number of carbonyl (C=O) groups is 1. The molecule has 0 saturated carbocycles. The fourth-order valence-electron chi connectivity index (χ4n) is 4.91. The first-order valence-electron chi connectivity index (χ1n) is 13.2. The lowest BCUT2D eigenvalue weighted by Crippen LogP contribution is -2.41. The van der Waals surface area contributed by atoms with E-state index in [1.165, 1.54) is 27.7 Å². The molecule has 0 atom stereocenters. The molecule has 3 heterocycles. The third-order valence-corrected chi connectivity index (χ3v) is 10.0. The number of rotatable bonds is 8. The molecule has 0 bridgehead atoms. The number of esters is 1. The molecule has 4 nitrogen and oxygen atoms in total. The van der Waals surface area contributed by atoms with Gasteiger partial charge in [0.05, 0.1) is 26.2 Å². The van der Waals surface area contributed by atoms with Crippen LogP contribution in [0, 0.1) is 0 Å². The van der Waals surface area contributed by atoms with Crippen molar-refractivity contribution in [2.75, 3.05) is 0 Å².